The van der Waals surface area contributed by atoms with Crippen molar-refractivity contribution in [3.63, 3.8) is 0 Å². The van der Waals surface area contributed by atoms with Gasteiger partial charge in [-0.2, -0.15) is 4.98 Å². The van der Waals surface area contributed by atoms with Gasteiger partial charge in [-0.3, -0.25) is 4.79 Å². The Bertz CT molecular complexity index is 722. The van der Waals surface area contributed by atoms with Crippen molar-refractivity contribution in [3.8, 4) is 11.4 Å². The van der Waals surface area contributed by atoms with E-state index in [1.807, 2.05) is 35.2 Å². The third kappa shape index (κ3) is 3.46. The summed E-state index contributed by atoms with van der Waals surface area (Å²) in [5, 5.41) is 4.13. The van der Waals surface area contributed by atoms with Gasteiger partial charge in [-0.1, -0.05) is 55.3 Å². The molecule has 0 radical (unpaired) electrons. The molecule has 5 heteroatoms. The Labute approximate surface area is 148 Å². The minimum Gasteiger partial charge on any atom is -0.342 e. The third-order valence-electron chi connectivity index (χ3n) is 5.69. The van der Waals surface area contributed by atoms with E-state index in [4.69, 9.17) is 4.52 Å². The Morgan fingerprint density at radius 1 is 1.20 bits per heavy atom. The second-order valence-corrected chi connectivity index (χ2v) is 7.56. The molecule has 1 saturated carbocycles. The summed E-state index contributed by atoms with van der Waals surface area (Å²) in [6, 6.07) is 9.85. The fraction of sp³-hybridized carbons (Fsp3) is 0.550. The number of hydrogen-bond acceptors (Lipinski definition) is 4. The predicted octanol–water partition coefficient (Wildman–Crippen LogP) is 3.88. The van der Waals surface area contributed by atoms with Gasteiger partial charge in [-0.25, -0.2) is 0 Å². The fourth-order valence-electron chi connectivity index (χ4n) is 4.17. The molecule has 1 aromatic heterocycles. The summed E-state index contributed by atoms with van der Waals surface area (Å²) in [6.07, 6.45) is 5.69. The first-order chi connectivity index (χ1) is 12.2. The van der Waals surface area contributed by atoms with Crippen molar-refractivity contribution in [1.82, 2.24) is 15.0 Å². The molecule has 4 rings (SSSR count). The van der Waals surface area contributed by atoms with Gasteiger partial charge in [0.2, 0.25) is 17.6 Å². The SMILES string of the molecule is CC1CN(C(=O)CC2CCCC2)CC1c1nc(-c2ccccc2)no1. The van der Waals surface area contributed by atoms with Crippen molar-refractivity contribution in [3.05, 3.63) is 36.2 Å². The number of carbonyl (C=O) groups excluding carboxylic acids is 1. The highest BCUT2D eigenvalue weighted by Gasteiger charge is 2.37. The van der Waals surface area contributed by atoms with Crippen LogP contribution >= 0.6 is 0 Å². The number of benzene rings is 1. The molecule has 2 aliphatic rings. The first-order valence-electron chi connectivity index (χ1n) is 9.37. The van der Waals surface area contributed by atoms with Crippen LogP contribution in [0.1, 0.15) is 50.8 Å². The Hall–Kier alpha value is -2.17. The fourth-order valence-corrected chi connectivity index (χ4v) is 4.17. The molecule has 1 amide bonds. The molecule has 0 N–H and O–H groups in total. The van der Waals surface area contributed by atoms with Gasteiger partial charge in [0.15, 0.2) is 0 Å². The smallest absolute Gasteiger partial charge is 0.232 e. The van der Waals surface area contributed by atoms with Gasteiger partial charge in [0.25, 0.3) is 0 Å². The van der Waals surface area contributed by atoms with E-state index in [1.165, 1.54) is 25.7 Å². The minimum atomic E-state index is 0.137. The molecule has 2 aromatic rings. The summed E-state index contributed by atoms with van der Waals surface area (Å²) in [5.41, 5.74) is 0.956. The summed E-state index contributed by atoms with van der Waals surface area (Å²) < 4.78 is 5.54. The average Bonchev–Trinajstić information content (AvgIpc) is 3.36. The Kier molecular flexibility index (Phi) is 4.55. The second-order valence-electron chi connectivity index (χ2n) is 7.56. The first kappa shape index (κ1) is 16.3. The summed E-state index contributed by atoms with van der Waals surface area (Å²) in [4.78, 5) is 19.2. The zero-order valence-electron chi connectivity index (χ0n) is 14.7. The zero-order valence-corrected chi connectivity index (χ0v) is 14.7. The third-order valence-corrected chi connectivity index (χ3v) is 5.69. The van der Waals surface area contributed by atoms with Crippen molar-refractivity contribution in [1.29, 1.82) is 0 Å². The van der Waals surface area contributed by atoms with E-state index >= 15 is 0 Å². The molecule has 0 spiro atoms. The number of nitrogens with zero attached hydrogens (tertiary/aromatic N) is 3. The van der Waals surface area contributed by atoms with Crippen LogP contribution in [0.3, 0.4) is 0 Å². The van der Waals surface area contributed by atoms with Crippen LogP contribution in [-0.4, -0.2) is 34.0 Å². The monoisotopic (exact) mass is 339 g/mol. The molecule has 0 bridgehead atoms. The van der Waals surface area contributed by atoms with Crippen LogP contribution in [0.5, 0.6) is 0 Å². The van der Waals surface area contributed by atoms with Crippen molar-refractivity contribution >= 4 is 5.91 Å². The molecule has 2 heterocycles. The second kappa shape index (κ2) is 6.98. The minimum absolute atomic E-state index is 0.137. The number of rotatable bonds is 4. The Balaban J connectivity index is 1.43. The highest BCUT2D eigenvalue weighted by molar-refractivity contribution is 5.77. The maximum absolute atomic E-state index is 12.6. The van der Waals surface area contributed by atoms with Crippen LogP contribution in [0, 0.1) is 11.8 Å². The molecule has 2 unspecified atom stereocenters. The van der Waals surface area contributed by atoms with Gasteiger partial charge < -0.3 is 9.42 Å². The lowest BCUT2D eigenvalue weighted by Crippen LogP contribution is -2.30. The number of amides is 1. The lowest BCUT2D eigenvalue weighted by Gasteiger charge is -2.18. The van der Waals surface area contributed by atoms with Gasteiger partial charge >= 0.3 is 0 Å². The lowest BCUT2D eigenvalue weighted by molar-refractivity contribution is -0.131. The Morgan fingerprint density at radius 2 is 1.96 bits per heavy atom. The van der Waals surface area contributed by atoms with E-state index < -0.39 is 0 Å². The van der Waals surface area contributed by atoms with Crippen LogP contribution in [0.15, 0.2) is 34.9 Å². The molecule has 2 atom stereocenters. The molecule has 1 aromatic carbocycles. The van der Waals surface area contributed by atoms with E-state index in [0.29, 0.717) is 42.4 Å². The molecule has 1 aliphatic carbocycles. The topological polar surface area (TPSA) is 59.2 Å². The summed E-state index contributed by atoms with van der Waals surface area (Å²) in [6.45, 7) is 3.66. The normalized spacial score (nSPS) is 24.1. The predicted molar refractivity (Wildman–Crippen MR) is 94.8 cm³/mol. The standard InChI is InChI=1S/C20H25N3O2/c1-14-12-23(18(24)11-15-7-5-6-8-15)13-17(14)20-21-19(22-25-20)16-9-3-2-4-10-16/h2-4,9-10,14-15,17H,5-8,11-13H2,1H3. The van der Waals surface area contributed by atoms with Gasteiger partial charge in [-0.05, 0) is 24.7 Å². The van der Waals surface area contributed by atoms with Crippen LogP contribution in [-0.2, 0) is 4.79 Å². The van der Waals surface area contributed by atoms with Crippen LogP contribution < -0.4 is 0 Å². The highest BCUT2D eigenvalue weighted by atomic mass is 16.5. The Morgan fingerprint density at radius 3 is 2.72 bits per heavy atom. The number of aromatic nitrogens is 2. The molecule has 2 fully saturated rings. The van der Waals surface area contributed by atoms with E-state index in [0.717, 1.165) is 12.1 Å². The van der Waals surface area contributed by atoms with Crippen molar-refractivity contribution < 1.29 is 9.32 Å². The van der Waals surface area contributed by atoms with E-state index in [-0.39, 0.29) is 5.92 Å². The van der Waals surface area contributed by atoms with Gasteiger partial charge in [0, 0.05) is 25.1 Å². The lowest BCUT2D eigenvalue weighted by atomic mass is 9.98. The molecular formula is C20H25N3O2. The highest BCUT2D eigenvalue weighted by Crippen LogP contribution is 2.34. The van der Waals surface area contributed by atoms with E-state index in [2.05, 4.69) is 17.1 Å². The molecule has 132 valence electrons. The average molecular weight is 339 g/mol. The summed E-state index contributed by atoms with van der Waals surface area (Å²) in [7, 11) is 0. The van der Waals surface area contributed by atoms with Gasteiger partial charge in [0.05, 0.1) is 5.92 Å². The van der Waals surface area contributed by atoms with Crippen LogP contribution in [0.25, 0.3) is 11.4 Å². The summed E-state index contributed by atoms with van der Waals surface area (Å²) in [5.74, 6) is 2.65. The van der Waals surface area contributed by atoms with Crippen molar-refractivity contribution in [2.24, 2.45) is 11.8 Å². The van der Waals surface area contributed by atoms with Crippen LogP contribution in [0.4, 0.5) is 0 Å². The number of carbonyl (C=O) groups is 1. The maximum Gasteiger partial charge on any atom is 0.232 e. The maximum atomic E-state index is 12.6. The van der Waals surface area contributed by atoms with Crippen molar-refractivity contribution in [2.75, 3.05) is 13.1 Å². The van der Waals surface area contributed by atoms with Gasteiger partial charge in [0.1, 0.15) is 0 Å². The molecule has 25 heavy (non-hydrogen) atoms. The summed E-state index contributed by atoms with van der Waals surface area (Å²) >= 11 is 0. The van der Waals surface area contributed by atoms with E-state index in [9.17, 15) is 4.79 Å². The number of likely N-dealkylation sites (tertiary alicyclic amines) is 1. The van der Waals surface area contributed by atoms with Crippen molar-refractivity contribution in [2.45, 2.75) is 44.9 Å². The molecule has 5 nitrogen and oxygen atoms in total. The molecule has 1 aliphatic heterocycles. The zero-order chi connectivity index (χ0) is 17.2. The largest absolute Gasteiger partial charge is 0.342 e. The first-order valence-corrected chi connectivity index (χ1v) is 9.37. The van der Waals surface area contributed by atoms with Crippen LogP contribution in [0.2, 0.25) is 0 Å². The quantitative estimate of drug-likeness (QED) is 0.848. The van der Waals surface area contributed by atoms with Gasteiger partial charge in [-0.15, -0.1) is 0 Å². The van der Waals surface area contributed by atoms with E-state index in [1.54, 1.807) is 0 Å². The molecular weight excluding hydrogens is 314 g/mol. The number of hydrogen-bond donors (Lipinski definition) is 0. The molecule has 1 saturated heterocycles.